The molecule has 0 atom stereocenters. The maximum Gasteiger partial charge on any atom is 0.251 e. The lowest BCUT2D eigenvalue weighted by atomic mass is 10.1. The molecule has 0 aromatic heterocycles. The summed E-state index contributed by atoms with van der Waals surface area (Å²) in [6.45, 7) is 2.76. The molecule has 1 aromatic rings. The smallest absolute Gasteiger partial charge is 0.251 e. The summed E-state index contributed by atoms with van der Waals surface area (Å²) in [5, 5.41) is 2.89. The minimum atomic E-state index is -0.0204. The van der Waals surface area contributed by atoms with Crippen LogP contribution in [0.25, 0.3) is 0 Å². The molecule has 0 aliphatic rings. The van der Waals surface area contributed by atoms with Crippen LogP contribution in [0.5, 0.6) is 0 Å². The second-order valence-electron chi connectivity index (χ2n) is 4.23. The van der Waals surface area contributed by atoms with Gasteiger partial charge in [0.05, 0.1) is 4.99 Å². The van der Waals surface area contributed by atoms with Crippen LogP contribution in [0.1, 0.15) is 42.1 Å². The summed E-state index contributed by atoms with van der Waals surface area (Å²) in [5.74, 6) is -0.0204. The molecule has 1 amide bonds. The van der Waals surface area contributed by atoms with Gasteiger partial charge >= 0.3 is 0 Å². The number of carbonyl (C=O) groups excluding carboxylic acids is 1. The number of carbonyl (C=O) groups is 1. The van der Waals surface area contributed by atoms with E-state index in [1.165, 1.54) is 5.56 Å². The maximum absolute atomic E-state index is 11.8. The van der Waals surface area contributed by atoms with E-state index in [9.17, 15) is 4.79 Å². The highest BCUT2D eigenvalue weighted by Crippen LogP contribution is 2.05. The van der Waals surface area contributed by atoms with E-state index in [1.807, 2.05) is 24.3 Å². The van der Waals surface area contributed by atoms with Crippen molar-refractivity contribution in [3.8, 4) is 0 Å². The summed E-state index contributed by atoms with van der Waals surface area (Å²) in [6, 6.07) is 7.70. The van der Waals surface area contributed by atoms with Crippen LogP contribution in [0.3, 0.4) is 0 Å². The van der Waals surface area contributed by atoms with Gasteiger partial charge in [0.2, 0.25) is 0 Å². The molecule has 0 aliphatic carbocycles. The van der Waals surface area contributed by atoms with Crippen LogP contribution in [0.2, 0.25) is 0 Å². The summed E-state index contributed by atoms with van der Waals surface area (Å²) in [6.07, 6.45) is 3.55. The lowest BCUT2D eigenvalue weighted by molar-refractivity contribution is 0.0953. The highest BCUT2D eigenvalue weighted by atomic mass is 32.1. The first-order chi connectivity index (χ1) is 8.63. The van der Waals surface area contributed by atoms with Crippen LogP contribution in [0.15, 0.2) is 24.3 Å². The van der Waals surface area contributed by atoms with Crippen LogP contribution in [0.4, 0.5) is 0 Å². The molecule has 0 saturated carbocycles. The minimum absolute atomic E-state index is 0.0204. The number of nitrogens with one attached hydrogen (secondary N) is 1. The number of benzene rings is 1. The van der Waals surface area contributed by atoms with E-state index < -0.39 is 0 Å². The Morgan fingerprint density at radius 3 is 2.50 bits per heavy atom. The van der Waals surface area contributed by atoms with Crippen LogP contribution in [-0.2, 0) is 6.42 Å². The molecular weight excluding hydrogens is 244 g/mol. The molecule has 0 bridgehead atoms. The van der Waals surface area contributed by atoms with Gasteiger partial charge in [-0.05, 0) is 43.4 Å². The zero-order chi connectivity index (χ0) is 13.4. The van der Waals surface area contributed by atoms with Crippen molar-refractivity contribution in [1.29, 1.82) is 0 Å². The van der Waals surface area contributed by atoms with Gasteiger partial charge in [0, 0.05) is 12.1 Å². The zero-order valence-corrected chi connectivity index (χ0v) is 11.6. The third-order valence-corrected chi connectivity index (χ3v) is 2.96. The van der Waals surface area contributed by atoms with Crippen molar-refractivity contribution in [2.75, 3.05) is 6.54 Å². The van der Waals surface area contributed by atoms with Gasteiger partial charge in [-0.25, -0.2) is 0 Å². The topological polar surface area (TPSA) is 55.1 Å². The quantitative estimate of drug-likeness (QED) is 0.587. The Bertz CT molecular complexity index is 401. The first kappa shape index (κ1) is 14.6. The summed E-state index contributed by atoms with van der Waals surface area (Å²) >= 11 is 4.79. The molecule has 0 saturated heterocycles. The van der Waals surface area contributed by atoms with E-state index in [0.717, 1.165) is 25.7 Å². The van der Waals surface area contributed by atoms with E-state index >= 15 is 0 Å². The second-order valence-corrected chi connectivity index (χ2v) is 4.75. The number of unbranched alkanes of at least 4 members (excludes halogenated alkanes) is 1. The number of thiocarbonyl (C=S) groups is 1. The first-order valence-electron chi connectivity index (χ1n) is 6.29. The van der Waals surface area contributed by atoms with Gasteiger partial charge in [-0.3, -0.25) is 4.79 Å². The lowest BCUT2D eigenvalue weighted by Crippen LogP contribution is -2.24. The average Bonchev–Trinajstić information content (AvgIpc) is 2.38. The molecule has 0 unspecified atom stereocenters. The van der Waals surface area contributed by atoms with Crippen molar-refractivity contribution < 1.29 is 4.79 Å². The van der Waals surface area contributed by atoms with Crippen molar-refractivity contribution in [2.45, 2.75) is 32.6 Å². The van der Waals surface area contributed by atoms with Crippen molar-refractivity contribution in [2.24, 2.45) is 5.73 Å². The maximum atomic E-state index is 11.8. The molecule has 0 spiro atoms. The van der Waals surface area contributed by atoms with Crippen LogP contribution in [0, 0.1) is 0 Å². The molecule has 1 rings (SSSR count). The summed E-state index contributed by atoms with van der Waals surface area (Å²) < 4.78 is 0. The molecule has 3 nitrogen and oxygen atoms in total. The second kappa shape index (κ2) is 7.82. The zero-order valence-electron chi connectivity index (χ0n) is 10.7. The van der Waals surface area contributed by atoms with Crippen LogP contribution in [-0.4, -0.2) is 17.4 Å². The van der Waals surface area contributed by atoms with Crippen molar-refractivity contribution in [3.05, 3.63) is 35.4 Å². The minimum Gasteiger partial charge on any atom is -0.393 e. The summed E-state index contributed by atoms with van der Waals surface area (Å²) in [5.41, 5.74) is 7.35. The third kappa shape index (κ3) is 5.27. The van der Waals surface area contributed by atoms with Gasteiger partial charge in [-0.2, -0.15) is 0 Å². The normalized spacial score (nSPS) is 10.1. The molecule has 98 valence electrons. The van der Waals surface area contributed by atoms with Crippen molar-refractivity contribution in [3.63, 3.8) is 0 Å². The van der Waals surface area contributed by atoms with Gasteiger partial charge in [-0.15, -0.1) is 0 Å². The average molecular weight is 264 g/mol. The summed E-state index contributed by atoms with van der Waals surface area (Å²) in [7, 11) is 0. The van der Waals surface area contributed by atoms with E-state index in [-0.39, 0.29) is 5.91 Å². The molecule has 3 N–H and O–H groups in total. The molecule has 0 heterocycles. The highest BCUT2D eigenvalue weighted by molar-refractivity contribution is 7.80. The first-order valence-corrected chi connectivity index (χ1v) is 6.69. The number of hydrogen-bond donors (Lipinski definition) is 2. The van der Waals surface area contributed by atoms with Crippen LogP contribution >= 0.6 is 12.2 Å². The predicted molar refractivity (Wildman–Crippen MR) is 78.8 cm³/mol. The Labute approximate surface area is 114 Å². The fourth-order valence-corrected chi connectivity index (χ4v) is 1.76. The molecule has 0 aliphatic heterocycles. The Hall–Kier alpha value is -1.42. The SMILES string of the molecule is CCc1ccc(C(=O)NCCCCC(N)=S)cc1. The van der Waals surface area contributed by atoms with Crippen molar-refractivity contribution in [1.82, 2.24) is 5.32 Å². The standard InChI is InChI=1S/C14H20N2OS/c1-2-11-6-8-12(9-7-11)14(17)16-10-4-3-5-13(15)18/h6-9H,2-5,10H2,1H3,(H2,15,18)(H,16,17). The molecule has 0 radical (unpaired) electrons. The van der Waals surface area contributed by atoms with E-state index in [2.05, 4.69) is 12.2 Å². The predicted octanol–water partition coefficient (Wildman–Crippen LogP) is 2.44. The van der Waals surface area contributed by atoms with Gasteiger partial charge in [0.15, 0.2) is 0 Å². The number of nitrogens with two attached hydrogens (primary N) is 1. The van der Waals surface area contributed by atoms with Gasteiger partial charge in [0.25, 0.3) is 5.91 Å². The third-order valence-electron chi connectivity index (χ3n) is 2.76. The van der Waals surface area contributed by atoms with Crippen LogP contribution < -0.4 is 11.1 Å². The van der Waals surface area contributed by atoms with E-state index in [0.29, 0.717) is 17.1 Å². The van der Waals surface area contributed by atoms with Crippen molar-refractivity contribution >= 4 is 23.1 Å². The number of hydrogen-bond acceptors (Lipinski definition) is 2. The Morgan fingerprint density at radius 1 is 1.28 bits per heavy atom. The molecule has 4 heteroatoms. The fourth-order valence-electron chi connectivity index (χ4n) is 1.62. The Kier molecular flexibility index (Phi) is 6.36. The molecular formula is C14H20N2OS. The Morgan fingerprint density at radius 2 is 1.94 bits per heavy atom. The van der Waals surface area contributed by atoms with E-state index in [4.69, 9.17) is 18.0 Å². The largest absolute Gasteiger partial charge is 0.393 e. The summed E-state index contributed by atoms with van der Waals surface area (Å²) in [4.78, 5) is 12.3. The molecule has 0 fully saturated rings. The van der Waals surface area contributed by atoms with Gasteiger partial charge in [-0.1, -0.05) is 31.3 Å². The Balaban J connectivity index is 2.29. The molecule has 1 aromatic carbocycles. The number of amides is 1. The lowest BCUT2D eigenvalue weighted by Gasteiger charge is -2.05. The molecule has 18 heavy (non-hydrogen) atoms. The van der Waals surface area contributed by atoms with Gasteiger partial charge < -0.3 is 11.1 Å². The number of aryl methyl sites for hydroxylation is 1. The fraction of sp³-hybridized carbons (Fsp3) is 0.429. The number of rotatable bonds is 7. The van der Waals surface area contributed by atoms with Gasteiger partial charge in [0.1, 0.15) is 0 Å². The monoisotopic (exact) mass is 264 g/mol. The highest BCUT2D eigenvalue weighted by Gasteiger charge is 2.03. The van der Waals surface area contributed by atoms with E-state index in [1.54, 1.807) is 0 Å².